The number of benzene rings is 2. The number of aromatic nitrogens is 1. The lowest BCUT2D eigenvalue weighted by molar-refractivity contribution is -0.126. The van der Waals surface area contributed by atoms with Crippen LogP contribution < -0.4 is 9.64 Å². The zero-order chi connectivity index (χ0) is 20.7. The van der Waals surface area contributed by atoms with Gasteiger partial charge in [-0.2, -0.15) is 0 Å². The Hall–Kier alpha value is -2.08. The minimum atomic E-state index is -0.511. The summed E-state index contributed by atoms with van der Waals surface area (Å²) in [6, 6.07) is 11.2. The molecule has 1 amide bonds. The molecule has 0 N–H and O–H groups in total. The summed E-state index contributed by atoms with van der Waals surface area (Å²) >= 11 is 14.1. The van der Waals surface area contributed by atoms with E-state index < -0.39 is 6.10 Å². The topological polar surface area (TPSA) is 42.4 Å². The number of hydrogen-bond acceptors (Lipinski definition) is 4. The molecule has 7 heteroatoms. The van der Waals surface area contributed by atoms with Crippen LogP contribution in [0.1, 0.15) is 28.8 Å². The molecule has 1 aromatic heterocycles. The molecule has 2 heterocycles. The highest BCUT2D eigenvalue weighted by molar-refractivity contribution is 7.11. The Balaban J connectivity index is 1.79. The zero-order valence-electron chi connectivity index (χ0n) is 16.3. The van der Waals surface area contributed by atoms with E-state index in [0.29, 0.717) is 28.8 Å². The van der Waals surface area contributed by atoms with Gasteiger partial charge in [0.2, 0.25) is 0 Å². The second-order valence-electron chi connectivity index (χ2n) is 7.00. The molecule has 29 heavy (non-hydrogen) atoms. The van der Waals surface area contributed by atoms with Crippen LogP contribution >= 0.6 is 34.5 Å². The third kappa shape index (κ3) is 3.87. The van der Waals surface area contributed by atoms with Crippen LogP contribution in [0.4, 0.5) is 5.69 Å². The van der Waals surface area contributed by atoms with Crippen LogP contribution in [0.3, 0.4) is 0 Å². The summed E-state index contributed by atoms with van der Waals surface area (Å²) in [4.78, 5) is 20.7. The van der Waals surface area contributed by atoms with Crippen molar-refractivity contribution >= 4 is 46.1 Å². The third-order valence-corrected chi connectivity index (χ3v) is 6.42. The summed E-state index contributed by atoms with van der Waals surface area (Å²) in [6.07, 6.45) is 0.0811. The van der Waals surface area contributed by atoms with Gasteiger partial charge in [0, 0.05) is 20.5 Å². The fraction of sp³-hybridized carbons (Fsp3) is 0.273. The minimum absolute atomic E-state index is 0.0747. The highest BCUT2D eigenvalue weighted by Crippen LogP contribution is 2.40. The summed E-state index contributed by atoms with van der Waals surface area (Å²) in [5, 5.41) is 2.11. The molecule has 3 aromatic rings. The first-order valence-corrected chi connectivity index (χ1v) is 10.9. The largest absolute Gasteiger partial charge is 0.478 e. The highest BCUT2D eigenvalue weighted by atomic mass is 35.5. The number of nitrogens with zero attached hydrogens (tertiary/aromatic N) is 2. The van der Waals surface area contributed by atoms with Gasteiger partial charge >= 0.3 is 0 Å². The molecule has 0 saturated heterocycles. The number of carbonyl (C=O) groups excluding carboxylic acids is 1. The van der Waals surface area contributed by atoms with Gasteiger partial charge < -0.3 is 9.64 Å². The molecule has 0 bridgehead atoms. The SMILES string of the molecule is CCC1Oc2ccc(-c3nc(C)sc3C)cc2N(Cc2ccc(Cl)cc2Cl)C1=O. The van der Waals surface area contributed by atoms with E-state index in [1.807, 2.05) is 38.1 Å². The first-order chi connectivity index (χ1) is 13.9. The number of carbonyl (C=O) groups is 1. The van der Waals surface area contributed by atoms with Crippen LogP contribution in [0.2, 0.25) is 10.0 Å². The van der Waals surface area contributed by atoms with Gasteiger partial charge in [-0.15, -0.1) is 11.3 Å². The normalized spacial score (nSPS) is 16.0. The number of thiazole rings is 1. The van der Waals surface area contributed by atoms with Crippen LogP contribution in [-0.4, -0.2) is 17.0 Å². The van der Waals surface area contributed by atoms with Crippen molar-refractivity contribution in [3.8, 4) is 17.0 Å². The van der Waals surface area contributed by atoms with Crippen molar-refractivity contribution in [2.45, 2.75) is 39.8 Å². The van der Waals surface area contributed by atoms with Crippen LogP contribution in [0.15, 0.2) is 36.4 Å². The Morgan fingerprint density at radius 1 is 1.17 bits per heavy atom. The van der Waals surface area contributed by atoms with Crippen LogP contribution in [-0.2, 0) is 11.3 Å². The van der Waals surface area contributed by atoms with Gasteiger partial charge in [0.15, 0.2) is 6.10 Å². The van der Waals surface area contributed by atoms with E-state index in [-0.39, 0.29) is 5.91 Å². The molecule has 0 radical (unpaired) electrons. The summed E-state index contributed by atoms with van der Waals surface area (Å²) in [5.41, 5.74) is 3.46. The molecule has 4 nitrogen and oxygen atoms in total. The Kier molecular flexibility index (Phi) is 5.56. The van der Waals surface area contributed by atoms with Crippen molar-refractivity contribution in [2.75, 3.05) is 4.90 Å². The van der Waals surface area contributed by atoms with Crippen molar-refractivity contribution in [1.82, 2.24) is 4.98 Å². The summed E-state index contributed by atoms with van der Waals surface area (Å²) in [7, 11) is 0. The number of anilines is 1. The number of ether oxygens (including phenoxy) is 1. The van der Waals surface area contributed by atoms with E-state index >= 15 is 0 Å². The van der Waals surface area contributed by atoms with E-state index in [1.54, 1.807) is 28.4 Å². The van der Waals surface area contributed by atoms with Crippen molar-refractivity contribution in [2.24, 2.45) is 0 Å². The van der Waals surface area contributed by atoms with Crippen LogP contribution in [0.5, 0.6) is 5.75 Å². The molecule has 0 saturated carbocycles. The van der Waals surface area contributed by atoms with Gasteiger partial charge in [0.1, 0.15) is 5.75 Å². The molecule has 0 fully saturated rings. The number of halogens is 2. The van der Waals surface area contributed by atoms with Gasteiger partial charge in [0.25, 0.3) is 5.91 Å². The maximum Gasteiger partial charge on any atom is 0.268 e. The van der Waals surface area contributed by atoms with Crippen molar-refractivity contribution < 1.29 is 9.53 Å². The summed E-state index contributed by atoms with van der Waals surface area (Å²) in [6.45, 7) is 6.34. The second kappa shape index (κ2) is 7.98. The molecule has 1 aliphatic rings. The van der Waals surface area contributed by atoms with Gasteiger partial charge in [-0.3, -0.25) is 4.79 Å². The summed E-state index contributed by atoms with van der Waals surface area (Å²) < 4.78 is 5.97. The Labute approximate surface area is 184 Å². The van der Waals surface area contributed by atoms with Crippen LogP contribution in [0, 0.1) is 13.8 Å². The number of fused-ring (bicyclic) bond motifs is 1. The highest BCUT2D eigenvalue weighted by Gasteiger charge is 2.34. The molecule has 0 aliphatic carbocycles. The van der Waals surface area contributed by atoms with Gasteiger partial charge in [-0.1, -0.05) is 36.2 Å². The molecular formula is C22H20Cl2N2O2S. The van der Waals surface area contributed by atoms with E-state index in [2.05, 4.69) is 11.9 Å². The smallest absolute Gasteiger partial charge is 0.268 e. The van der Waals surface area contributed by atoms with Crippen molar-refractivity contribution in [3.63, 3.8) is 0 Å². The maximum atomic E-state index is 13.1. The second-order valence-corrected chi connectivity index (χ2v) is 9.25. The third-order valence-electron chi connectivity index (χ3n) is 4.95. The fourth-order valence-corrected chi connectivity index (χ4v) is 4.82. The first-order valence-electron chi connectivity index (χ1n) is 9.37. The quantitative estimate of drug-likeness (QED) is 0.462. The van der Waals surface area contributed by atoms with Gasteiger partial charge in [-0.25, -0.2) is 4.98 Å². The van der Waals surface area contributed by atoms with Crippen LogP contribution in [0.25, 0.3) is 11.3 Å². The van der Waals surface area contributed by atoms with Gasteiger partial charge in [0.05, 0.1) is 22.9 Å². The lowest BCUT2D eigenvalue weighted by atomic mass is 10.1. The molecular weight excluding hydrogens is 427 g/mol. The monoisotopic (exact) mass is 446 g/mol. The average Bonchev–Trinajstić information content (AvgIpc) is 3.03. The first kappa shape index (κ1) is 20.2. The predicted molar refractivity (Wildman–Crippen MR) is 119 cm³/mol. The standard InChI is InChI=1S/C22H20Cl2N2O2S/c1-4-19-22(27)26(11-15-5-7-16(23)10-17(15)24)18-9-14(6-8-20(18)28-19)21-12(2)29-13(3)25-21/h5-10,19H,4,11H2,1-3H3. The molecule has 1 unspecified atom stereocenters. The predicted octanol–water partition coefficient (Wildman–Crippen LogP) is 6.44. The summed E-state index contributed by atoms with van der Waals surface area (Å²) in [5.74, 6) is 0.615. The molecule has 1 atom stereocenters. The number of hydrogen-bond donors (Lipinski definition) is 0. The zero-order valence-corrected chi connectivity index (χ0v) is 18.7. The molecule has 150 valence electrons. The van der Waals surface area contributed by atoms with Crippen molar-refractivity contribution in [3.05, 3.63) is 61.9 Å². The van der Waals surface area contributed by atoms with Crippen molar-refractivity contribution in [1.29, 1.82) is 0 Å². The lowest BCUT2D eigenvalue weighted by Gasteiger charge is -2.34. The minimum Gasteiger partial charge on any atom is -0.478 e. The molecule has 1 aliphatic heterocycles. The molecule has 0 spiro atoms. The Morgan fingerprint density at radius 2 is 1.97 bits per heavy atom. The number of rotatable bonds is 4. The Bertz CT molecular complexity index is 1100. The fourth-order valence-electron chi connectivity index (χ4n) is 3.51. The van der Waals surface area contributed by atoms with E-state index in [9.17, 15) is 4.79 Å². The van der Waals surface area contributed by atoms with E-state index in [4.69, 9.17) is 27.9 Å². The molecule has 4 rings (SSSR count). The van der Waals surface area contributed by atoms with E-state index in [1.165, 1.54) is 0 Å². The average molecular weight is 447 g/mol. The number of aryl methyl sites for hydroxylation is 2. The Morgan fingerprint density at radius 3 is 2.62 bits per heavy atom. The van der Waals surface area contributed by atoms with Gasteiger partial charge in [-0.05, 0) is 56.2 Å². The lowest BCUT2D eigenvalue weighted by Crippen LogP contribution is -2.45. The van der Waals surface area contributed by atoms with E-state index in [0.717, 1.165) is 32.4 Å². The number of amides is 1. The maximum absolute atomic E-state index is 13.1. The molecule has 2 aromatic carbocycles.